The van der Waals surface area contributed by atoms with E-state index < -0.39 is 18.3 Å². The Kier molecular flexibility index (Phi) is 26.9. The Morgan fingerprint density at radius 2 is 1.80 bits per heavy atom. The van der Waals surface area contributed by atoms with Crippen molar-refractivity contribution < 1.29 is 18.0 Å². The Balaban J connectivity index is 0.000000395. The fourth-order valence-electron chi connectivity index (χ4n) is 8.56. The number of halogens is 3. The van der Waals surface area contributed by atoms with Crippen LogP contribution < -0.4 is 48.5 Å². The van der Waals surface area contributed by atoms with Gasteiger partial charge in [0.15, 0.2) is 0 Å². The Morgan fingerprint density at radius 3 is 2.41 bits per heavy atom. The predicted molar refractivity (Wildman–Crippen MR) is 291 cm³/mol. The van der Waals surface area contributed by atoms with Gasteiger partial charge in [-0.1, -0.05) is 58.4 Å². The van der Waals surface area contributed by atoms with Crippen LogP contribution in [0, 0.1) is 12.7 Å². The number of pyridine rings is 1. The van der Waals surface area contributed by atoms with Crippen molar-refractivity contribution >= 4 is 29.1 Å². The molecule has 4 rings (SSSR count). The number of hydrogen-bond donors (Lipinski definition) is 8. The number of aromatic nitrogens is 1. The van der Waals surface area contributed by atoms with Crippen molar-refractivity contribution in [1.82, 2.24) is 37.0 Å². The number of amides is 1. The van der Waals surface area contributed by atoms with Crippen molar-refractivity contribution in [2.24, 2.45) is 16.6 Å². The van der Waals surface area contributed by atoms with E-state index in [0.29, 0.717) is 73.2 Å². The average Bonchev–Trinajstić information content (AvgIpc) is 3.37. The molecular weight excluding hydrogens is 900 g/mol. The van der Waals surface area contributed by atoms with Gasteiger partial charge in [-0.2, -0.15) is 0 Å². The maximum atomic E-state index is 14.8. The summed E-state index contributed by atoms with van der Waals surface area (Å²) in [5, 5.41) is 15.9. The zero-order valence-corrected chi connectivity index (χ0v) is 43.2. The molecule has 10 N–H and O–H groups in total. The molecule has 1 atom stereocenters. The van der Waals surface area contributed by atoms with Crippen molar-refractivity contribution in [1.29, 1.82) is 0 Å². The number of nitrogens with one attached hydrogen (secondary N) is 6. The van der Waals surface area contributed by atoms with Gasteiger partial charge >= 0.3 is 0 Å². The van der Waals surface area contributed by atoms with Crippen LogP contribution in [0.2, 0.25) is 0 Å². The summed E-state index contributed by atoms with van der Waals surface area (Å²) in [6.45, 7) is 23.8. The Labute approximate surface area is 422 Å². The van der Waals surface area contributed by atoms with Crippen LogP contribution in [0.3, 0.4) is 0 Å². The van der Waals surface area contributed by atoms with Crippen LogP contribution in [0.15, 0.2) is 137 Å². The molecule has 1 aliphatic carbocycles. The molecule has 2 aromatic rings. The smallest absolute Gasteiger partial charge is 0.264 e. The molecule has 1 aliphatic heterocycles. The monoisotopic (exact) mass is 982 g/mol. The van der Waals surface area contributed by atoms with Crippen LogP contribution in [-0.4, -0.2) is 69.0 Å². The fraction of sp³-hybridized carbons (Fsp3) is 0.446. The topological polar surface area (TPSA) is 170 Å². The maximum Gasteiger partial charge on any atom is 0.264 e. The third-order valence-electron chi connectivity index (χ3n) is 12.6. The van der Waals surface area contributed by atoms with Gasteiger partial charge in [-0.25, -0.2) is 13.2 Å². The zero-order chi connectivity index (χ0) is 52.1. The van der Waals surface area contributed by atoms with Crippen LogP contribution in [0.25, 0.3) is 11.3 Å². The Morgan fingerprint density at radius 1 is 1.04 bits per heavy atom. The van der Waals surface area contributed by atoms with Gasteiger partial charge in [-0.15, -0.1) is 6.58 Å². The van der Waals surface area contributed by atoms with E-state index in [4.69, 9.17) is 11.6 Å². The lowest BCUT2D eigenvalue weighted by Crippen LogP contribution is -2.41. The SMILES string of the molecule is C=CCCC(NC(=C)c1ccc(N(CC)CN/C=C(/CC)NN)cc1F)C(=O)NC.C=CNCC/C(NC1CCCCC1)=C(CC)/C(N)=C1/C=C(/C(=C/C)c2cnccc2C)C(C(F)F)=CC=NCCC1. The second-order valence-corrected chi connectivity index (χ2v) is 17.4. The molecule has 15 heteroatoms. The first-order valence-corrected chi connectivity index (χ1v) is 25.1. The van der Waals surface area contributed by atoms with Gasteiger partial charge in [0.1, 0.15) is 11.9 Å². The van der Waals surface area contributed by atoms with Gasteiger partial charge in [0, 0.05) is 109 Å². The number of carbonyl (C=O) groups excluding carboxylic acids is 1. The summed E-state index contributed by atoms with van der Waals surface area (Å²) in [6.07, 6.45) is 23.7. The minimum atomic E-state index is -2.68. The number of hydrazine groups is 1. The third kappa shape index (κ3) is 18.7. The number of hydrogen-bond acceptors (Lipinski definition) is 11. The number of allylic oxidation sites excluding steroid dienone is 10. The third-order valence-corrected chi connectivity index (χ3v) is 12.6. The summed E-state index contributed by atoms with van der Waals surface area (Å²) in [6, 6.07) is 6.79. The van der Waals surface area contributed by atoms with E-state index >= 15 is 0 Å². The normalized spacial score (nSPS) is 16.9. The highest BCUT2D eigenvalue weighted by atomic mass is 19.3. The highest BCUT2D eigenvalue weighted by Gasteiger charge is 2.24. The first kappa shape index (κ1) is 58.8. The summed E-state index contributed by atoms with van der Waals surface area (Å²) < 4.78 is 44.1. The highest BCUT2D eigenvalue weighted by molar-refractivity contribution is 5.88. The van der Waals surface area contributed by atoms with Gasteiger partial charge in [0.25, 0.3) is 6.43 Å². The Hall–Kier alpha value is -6.48. The minimum absolute atomic E-state index is 0.0740. The van der Waals surface area contributed by atoms with Gasteiger partial charge < -0.3 is 42.6 Å². The van der Waals surface area contributed by atoms with Gasteiger partial charge in [0.05, 0.1) is 6.67 Å². The van der Waals surface area contributed by atoms with Crippen LogP contribution in [0.1, 0.15) is 121 Å². The summed E-state index contributed by atoms with van der Waals surface area (Å²) in [5.74, 6) is 4.85. The first-order chi connectivity index (χ1) is 34.3. The lowest BCUT2D eigenvalue weighted by Gasteiger charge is -2.28. The number of rotatable bonds is 25. The van der Waals surface area contributed by atoms with E-state index in [1.54, 1.807) is 44.0 Å². The van der Waals surface area contributed by atoms with E-state index in [1.165, 1.54) is 37.6 Å². The molecule has 0 bridgehead atoms. The number of nitrogens with two attached hydrogens (primary N) is 2. The Bertz CT molecular complexity index is 2260. The van der Waals surface area contributed by atoms with E-state index in [9.17, 15) is 18.0 Å². The average molecular weight is 982 g/mol. The molecule has 1 saturated carbocycles. The van der Waals surface area contributed by atoms with Crippen molar-refractivity contribution in [3.8, 4) is 0 Å². The number of alkyl halides is 2. The maximum absolute atomic E-state index is 14.8. The van der Waals surface area contributed by atoms with Crippen LogP contribution in [0.5, 0.6) is 0 Å². The number of aryl methyl sites for hydroxylation is 1. The summed E-state index contributed by atoms with van der Waals surface area (Å²) in [4.78, 5) is 22.8. The number of benzene rings is 1. The molecule has 71 heavy (non-hydrogen) atoms. The van der Waals surface area contributed by atoms with E-state index in [0.717, 1.165) is 84.4 Å². The van der Waals surface area contributed by atoms with Crippen molar-refractivity contribution in [2.75, 3.05) is 38.3 Å². The lowest BCUT2D eigenvalue weighted by atomic mass is 9.87. The first-order valence-electron chi connectivity index (χ1n) is 25.1. The zero-order valence-electron chi connectivity index (χ0n) is 43.2. The van der Waals surface area contributed by atoms with Gasteiger partial charge in [0.2, 0.25) is 5.91 Å². The van der Waals surface area contributed by atoms with Crippen molar-refractivity contribution in [2.45, 2.75) is 130 Å². The molecule has 0 saturated heterocycles. The number of anilines is 1. The summed E-state index contributed by atoms with van der Waals surface area (Å²) in [5.41, 5.74) is 18.5. The number of aliphatic imine (C=N–C) groups is 1. The number of likely N-dealkylation sites (N-methyl/N-ethyl adjacent to an activating group) is 1. The second kappa shape index (κ2) is 32.4. The van der Waals surface area contributed by atoms with Crippen LogP contribution in [-0.2, 0) is 4.79 Å². The molecule has 1 fully saturated rings. The second-order valence-electron chi connectivity index (χ2n) is 17.4. The quantitative estimate of drug-likeness (QED) is 0.0158. The standard InChI is InChI=1S/C34H47F2N5.C22H35FN6O/c1-5-27(31-23-40-19-15-24(31)4)30-22-25(12-11-18-39-20-16-29(30)34(35)36)33(37)28(6-2)32(17-21-38-7-3)41-26-13-9-8-10-14-26;1-6-9-10-21(22(30)25-5)27-16(4)19-12-11-18(13-20(19)23)29(8-3)15-26-14-17(7-2)28-24/h5,7,15-16,19-20,22-23,26,34,38,41H,3,6,8-14,17-18,21,37H2,1-2,4H3;6,11-14,21,26-28H,1,4,7-10,15,24H2,2-3,5H3,(H,25,30)/b27-5-,29-16?,30-22-,32-28-,33-25-,39-20?;17-14-. The summed E-state index contributed by atoms with van der Waals surface area (Å²) >= 11 is 0. The summed E-state index contributed by atoms with van der Waals surface area (Å²) in [7, 11) is 1.57. The molecule has 1 unspecified atom stereocenters. The fourth-order valence-corrected chi connectivity index (χ4v) is 8.56. The predicted octanol–water partition coefficient (Wildman–Crippen LogP) is 10.3. The van der Waals surface area contributed by atoms with Gasteiger partial charge in [-0.05, 0) is 143 Å². The molecule has 2 heterocycles. The van der Waals surface area contributed by atoms with Crippen molar-refractivity contribution in [3.05, 3.63) is 155 Å². The van der Waals surface area contributed by atoms with Gasteiger partial charge in [-0.3, -0.25) is 20.6 Å². The molecule has 0 spiro atoms. The van der Waals surface area contributed by atoms with Crippen molar-refractivity contribution in [3.63, 3.8) is 0 Å². The largest absolute Gasteiger partial charge is 0.398 e. The van der Waals surface area contributed by atoms with Crippen LogP contribution >= 0.6 is 0 Å². The molecule has 388 valence electrons. The number of nitrogens with zero attached hydrogens (tertiary/aromatic N) is 3. The lowest BCUT2D eigenvalue weighted by molar-refractivity contribution is -0.122. The molecule has 2 aliphatic rings. The minimum Gasteiger partial charge on any atom is -0.398 e. The number of carbonyl (C=O) groups is 1. The molecule has 12 nitrogen and oxygen atoms in total. The van der Waals surface area contributed by atoms with Crippen LogP contribution in [0.4, 0.5) is 18.9 Å². The van der Waals surface area contributed by atoms with E-state index in [-0.39, 0.29) is 11.5 Å². The molecule has 1 aromatic heterocycles. The molecule has 1 aromatic carbocycles. The highest BCUT2D eigenvalue weighted by Crippen LogP contribution is 2.36. The molecule has 1 amide bonds. The van der Waals surface area contributed by atoms with E-state index in [2.05, 4.69) is 68.6 Å². The molecule has 0 radical (unpaired) electrons. The molecular formula is C56H82F3N11O. The van der Waals surface area contributed by atoms with E-state index in [1.807, 2.05) is 56.9 Å².